The van der Waals surface area contributed by atoms with E-state index >= 15 is 0 Å². The van der Waals surface area contributed by atoms with Gasteiger partial charge in [0.2, 0.25) is 10.0 Å². The number of ether oxygens (including phenoxy) is 1. The van der Waals surface area contributed by atoms with E-state index in [-0.39, 0.29) is 22.3 Å². The number of primary sulfonamides is 1. The SMILES string of the molecule is CCOC1CC(NC(=O)c2csc(S(N)(=O)=O)c2)(C(=O)O)C1(C)C. The summed E-state index contributed by atoms with van der Waals surface area (Å²) in [6.07, 6.45) is -0.150. The highest BCUT2D eigenvalue weighted by atomic mass is 32.2. The van der Waals surface area contributed by atoms with Gasteiger partial charge in [0.05, 0.1) is 11.7 Å². The van der Waals surface area contributed by atoms with E-state index in [0.717, 1.165) is 17.4 Å². The molecular weight excluding hydrogens is 356 g/mol. The van der Waals surface area contributed by atoms with E-state index in [9.17, 15) is 23.1 Å². The molecule has 1 aliphatic carbocycles. The van der Waals surface area contributed by atoms with Crippen LogP contribution in [0.5, 0.6) is 0 Å². The highest BCUT2D eigenvalue weighted by Gasteiger charge is 2.66. The monoisotopic (exact) mass is 376 g/mol. The number of aliphatic carboxylic acids is 1. The molecule has 1 saturated carbocycles. The maximum atomic E-state index is 12.4. The van der Waals surface area contributed by atoms with E-state index in [1.165, 1.54) is 5.38 Å². The fourth-order valence-corrected chi connectivity index (χ4v) is 4.47. The second-order valence-electron chi connectivity index (χ2n) is 6.23. The maximum absolute atomic E-state index is 12.4. The number of carbonyl (C=O) groups excluding carboxylic acids is 1. The van der Waals surface area contributed by atoms with Crippen molar-refractivity contribution in [2.45, 2.75) is 43.0 Å². The summed E-state index contributed by atoms with van der Waals surface area (Å²) >= 11 is 0.807. The topological polar surface area (TPSA) is 136 Å². The summed E-state index contributed by atoms with van der Waals surface area (Å²) < 4.78 is 28.0. The van der Waals surface area contributed by atoms with Crippen molar-refractivity contribution < 1.29 is 27.9 Å². The number of carbonyl (C=O) groups is 2. The van der Waals surface area contributed by atoms with Gasteiger partial charge in [-0.2, -0.15) is 0 Å². The minimum Gasteiger partial charge on any atom is -0.479 e. The summed E-state index contributed by atoms with van der Waals surface area (Å²) in [4.78, 5) is 24.2. The lowest BCUT2D eigenvalue weighted by atomic mass is 9.54. The zero-order valence-electron chi connectivity index (χ0n) is 13.5. The van der Waals surface area contributed by atoms with Crippen LogP contribution in [0.2, 0.25) is 0 Å². The molecule has 0 saturated heterocycles. The molecule has 1 amide bonds. The molecule has 1 heterocycles. The van der Waals surface area contributed by atoms with Crippen molar-refractivity contribution in [2.75, 3.05) is 6.61 Å². The summed E-state index contributed by atoms with van der Waals surface area (Å²) in [7, 11) is -3.90. The summed E-state index contributed by atoms with van der Waals surface area (Å²) in [5.41, 5.74) is -2.24. The Hall–Kier alpha value is -1.49. The number of nitrogens with two attached hydrogens (primary N) is 1. The number of rotatable bonds is 6. The third kappa shape index (κ3) is 2.94. The summed E-state index contributed by atoms with van der Waals surface area (Å²) in [6, 6.07) is 1.14. The van der Waals surface area contributed by atoms with Gasteiger partial charge >= 0.3 is 5.97 Å². The highest BCUT2D eigenvalue weighted by molar-refractivity contribution is 7.91. The molecule has 4 N–H and O–H groups in total. The smallest absolute Gasteiger partial charge is 0.330 e. The van der Waals surface area contributed by atoms with Crippen LogP contribution >= 0.6 is 11.3 Å². The zero-order valence-corrected chi connectivity index (χ0v) is 15.2. The standard InChI is InChI=1S/C14H20N2O6S2/c1-4-22-9-6-14(12(18)19,13(9,2)3)16-11(17)8-5-10(23-7-8)24(15,20)21/h5,7,9H,4,6H2,1-3H3,(H,16,17)(H,18,19)(H2,15,20,21). The Balaban J connectivity index is 2.25. The Morgan fingerprint density at radius 3 is 2.54 bits per heavy atom. The molecule has 0 aliphatic heterocycles. The van der Waals surface area contributed by atoms with E-state index in [1.54, 1.807) is 13.8 Å². The van der Waals surface area contributed by atoms with E-state index in [4.69, 9.17) is 9.88 Å². The van der Waals surface area contributed by atoms with Crippen molar-refractivity contribution >= 4 is 33.2 Å². The van der Waals surface area contributed by atoms with Crippen LogP contribution in [0.25, 0.3) is 0 Å². The molecular formula is C14H20N2O6S2. The van der Waals surface area contributed by atoms with Gasteiger partial charge < -0.3 is 15.2 Å². The van der Waals surface area contributed by atoms with Crippen LogP contribution in [0.15, 0.2) is 15.7 Å². The Morgan fingerprint density at radius 1 is 1.50 bits per heavy atom. The Morgan fingerprint density at radius 2 is 2.12 bits per heavy atom. The number of amides is 1. The molecule has 2 atom stereocenters. The Labute approximate surface area is 144 Å². The summed E-state index contributed by atoms with van der Waals surface area (Å²) in [6.45, 7) is 5.69. The lowest BCUT2D eigenvalue weighted by Gasteiger charge is -2.58. The third-order valence-electron chi connectivity index (χ3n) is 4.57. The van der Waals surface area contributed by atoms with Gasteiger partial charge in [0.25, 0.3) is 5.91 Å². The number of nitrogens with one attached hydrogen (secondary N) is 1. The van der Waals surface area contributed by atoms with Crippen LogP contribution < -0.4 is 10.5 Å². The van der Waals surface area contributed by atoms with Crippen LogP contribution in [0.4, 0.5) is 0 Å². The number of carboxylic acids is 1. The predicted octanol–water partition coefficient (Wildman–Crippen LogP) is 0.784. The molecule has 1 aliphatic rings. The first-order chi connectivity index (χ1) is 11.0. The zero-order chi connectivity index (χ0) is 18.3. The van der Waals surface area contributed by atoms with Gasteiger partial charge in [0.1, 0.15) is 9.75 Å². The molecule has 0 bridgehead atoms. The summed E-state index contributed by atoms with van der Waals surface area (Å²) in [5, 5.41) is 18.5. The van der Waals surface area contributed by atoms with Gasteiger partial charge in [0, 0.05) is 23.8 Å². The number of hydrogen-bond acceptors (Lipinski definition) is 6. The van der Waals surface area contributed by atoms with Gasteiger partial charge in [-0.1, -0.05) is 13.8 Å². The largest absolute Gasteiger partial charge is 0.479 e. The van der Waals surface area contributed by atoms with Crippen LogP contribution in [0, 0.1) is 5.41 Å². The molecule has 10 heteroatoms. The molecule has 0 aromatic carbocycles. The molecule has 24 heavy (non-hydrogen) atoms. The number of sulfonamides is 1. The van der Waals surface area contributed by atoms with E-state index < -0.39 is 32.9 Å². The first-order valence-electron chi connectivity index (χ1n) is 7.24. The second kappa shape index (κ2) is 6.10. The first-order valence-corrected chi connectivity index (χ1v) is 9.67. The molecule has 0 radical (unpaired) electrons. The fourth-order valence-electron chi connectivity index (χ4n) is 2.89. The van der Waals surface area contributed by atoms with Crippen LogP contribution in [0.3, 0.4) is 0 Å². The minimum atomic E-state index is -3.90. The molecule has 134 valence electrons. The van der Waals surface area contributed by atoms with Crippen LogP contribution in [-0.2, 0) is 19.6 Å². The highest BCUT2D eigenvalue weighted by Crippen LogP contribution is 2.51. The fraction of sp³-hybridized carbons (Fsp3) is 0.571. The van der Waals surface area contributed by atoms with E-state index in [1.807, 2.05) is 6.92 Å². The summed E-state index contributed by atoms with van der Waals surface area (Å²) in [5.74, 6) is -1.81. The number of carboxylic acid groups (broad SMARTS) is 1. The van der Waals surface area contributed by atoms with Gasteiger partial charge in [-0.15, -0.1) is 11.3 Å². The normalized spacial score (nSPS) is 25.8. The van der Waals surface area contributed by atoms with Gasteiger partial charge in [0.15, 0.2) is 0 Å². The quantitative estimate of drug-likeness (QED) is 0.671. The molecule has 1 fully saturated rings. The van der Waals surface area contributed by atoms with Gasteiger partial charge in [-0.3, -0.25) is 4.79 Å². The molecule has 2 unspecified atom stereocenters. The van der Waals surface area contributed by atoms with Crippen molar-refractivity contribution in [3.8, 4) is 0 Å². The average molecular weight is 376 g/mol. The molecule has 0 spiro atoms. The van der Waals surface area contributed by atoms with Gasteiger partial charge in [-0.05, 0) is 13.0 Å². The predicted molar refractivity (Wildman–Crippen MR) is 87.3 cm³/mol. The molecule has 1 aromatic rings. The van der Waals surface area contributed by atoms with Gasteiger partial charge in [-0.25, -0.2) is 18.4 Å². The van der Waals surface area contributed by atoms with Crippen molar-refractivity contribution in [2.24, 2.45) is 10.6 Å². The third-order valence-corrected chi connectivity index (χ3v) is 6.96. The number of hydrogen-bond donors (Lipinski definition) is 3. The second-order valence-corrected chi connectivity index (χ2v) is 8.93. The molecule has 1 aromatic heterocycles. The van der Waals surface area contributed by atoms with Crippen molar-refractivity contribution in [3.05, 3.63) is 17.0 Å². The Kier molecular flexibility index (Phi) is 4.79. The van der Waals surface area contributed by atoms with E-state index in [0.29, 0.717) is 6.61 Å². The minimum absolute atomic E-state index is 0.0558. The molecule has 8 nitrogen and oxygen atoms in total. The van der Waals surface area contributed by atoms with Crippen molar-refractivity contribution in [1.82, 2.24) is 5.32 Å². The maximum Gasteiger partial charge on any atom is 0.330 e. The van der Waals surface area contributed by atoms with Crippen molar-refractivity contribution in [1.29, 1.82) is 0 Å². The van der Waals surface area contributed by atoms with Crippen LogP contribution in [-0.4, -0.2) is 43.7 Å². The Bertz CT molecular complexity index is 770. The van der Waals surface area contributed by atoms with E-state index in [2.05, 4.69) is 5.32 Å². The lowest BCUT2D eigenvalue weighted by molar-refractivity contribution is -0.190. The van der Waals surface area contributed by atoms with Crippen molar-refractivity contribution in [3.63, 3.8) is 0 Å². The first kappa shape index (κ1) is 18.8. The van der Waals surface area contributed by atoms with Crippen LogP contribution in [0.1, 0.15) is 37.6 Å². The lowest BCUT2D eigenvalue weighted by Crippen LogP contribution is -2.76. The number of thiophene rings is 1. The average Bonchev–Trinajstić information content (AvgIpc) is 2.95. The molecule has 2 rings (SSSR count).